The summed E-state index contributed by atoms with van der Waals surface area (Å²) in [5.74, 6) is 0.809. The maximum absolute atomic E-state index is 12.3. The van der Waals surface area contributed by atoms with Gasteiger partial charge in [0.2, 0.25) is 5.91 Å². The molecule has 0 spiro atoms. The molecule has 0 saturated heterocycles. The van der Waals surface area contributed by atoms with Crippen LogP contribution in [0.5, 0.6) is 0 Å². The highest BCUT2D eigenvalue weighted by molar-refractivity contribution is 5.76. The number of carbonyl (C=O) groups excluding carboxylic acids is 1. The molecule has 1 aliphatic heterocycles. The predicted molar refractivity (Wildman–Crippen MR) is 74.7 cm³/mol. The van der Waals surface area contributed by atoms with E-state index in [-0.39, 0.29) is 12.0 Å². The molecule has 0 aliphatic carbocycles. The first-order valence-corrected chi connectivity index (χ1v) is 7.04. The van der Waals surface area contributed by atoms with Crippen LogP contribution in [0.1, 0.15) is 32.4 Å². The van der Waals surface area contributed by atoms with E-state index in [1.807, 2.05) is 11.0 Å². The zero-order valence-electron chi connectivity index (χ0n) is 12.1. The monoisotopic (exact) mass is 264 g/mol. The number of aromatic nitrogens is 1. The van der Waals surface area contributed by atoms with Gasteiger partial charge in [-0.05, 0) is 24.5 Å². The largest absolute Gasteiger partial charge is 0.378 e. The topological polar surface area (TPSA) is 34.5 Å². The Balaban J connectivity index is 2.06. The Bertz CT molecular complexity index is 426. The summed E-state index contributed by atoms with van der Waals surface area (Å²) >= 11 is 0. The first-order chi connectivity index (χ1) is 9.10. The van der Waals surface area contributed by atoms with E-state index in [1.54, 1.807) is 7.11 Å². The molecule has 106 valence electrons. The lowest BCUT2D eigenvalue weighted by atomic mass is 10.1. The average Bonchev–Trinajstić information content (AvgIpc) is 2.73. The van der Waals surface area contributed by atoms with Gasteiger partial charge in [0.05, 0.1) is 19.2 Å². The number of methoxy groups -OCH3 is 1. The van der Waals surface area contributed by atoms with Crippen molar-refractivity contribution >= 4 is 5.91 Å². The minimum absolute atomic E-state index is 0.0802. The molecule has 4 nitrogen and oxygen atoms in total. The Morgan fingerprint density at radius 1 is 1.47 bits per heavy atom. The summed E-state index contributed by atoms with van der Waals surface area (Å²) in [6, 6.07) is 4.12. The van der Waals surface area contributed by atoms with Crippen molar-refractivity contribution in [1.29, 1.82) is 0 Å². The van der Waals surface area contributed by atoms with Gasteiger partial charge in [0.25, 0.3) is 0 Å². The molecule has 0 saturated carbocycles. The Labute approximate surface area is 115 Å². The number of amides is 1. The van der Waals surface area contributed by atoms with Gasteiger partial charge in [-0.25, -0.2) is 0 Å². The van der Waals surface area contributed by atoms with E-state index in [4.69, 9.17) is 4.74 Å². The van der Waals surface area contributed by atoms with Crippen LogP contribution in [0.15, 0.2) is 18.3 Å². The second kappa shape index (κ2) is 6.24. The second-order valence-corrected chi connectivity index (χ2v) is 5.72. The Morgan fingerprint density at radius 3 is 2.95 bits per heavy atom. The van der Waals surface area contributed by atoms with Crippen LogP contribution in [-0.4, -0.2) is 35.1 Å². The fourth-order valence-corrected chi connectivity index (χ4v) is 2.46. The van der Waals surface area contributed by atoms with Crippen LogP contribution in [0.25, 0.3) is 0 Å². The number of ether oxygens (including phenoxy) is 1. The molecule has 0 fully saturated rings. The van der Waals surface area contributed by atoms with E-state index in [0.29, 0.717) is 25.4 Å². The molecule has 19 heavy (non-hydrogen) atoms. The van der Waals surface area contributed by atoms with Crippen molar-refractivity contribution in [3.8, 4) is 0 Å². The minimum Gasteiger partial charge on any atom is -0.378 e. The third-order valence-corrected chi connectivity index (χ3v) is 3.72. The van der Waals surface area contributed by atoms with Gasteiger partial charge >= 0.3 is 0 Å². The molecule has 0 aromatic carbocycles. The van der Waals surface area contributed by atoms with Crippen molar-refractivity contribution in [2.24, 2.45) is 5.92 Å². The van der Waals surface area contributed by atoms with Crippen LogP contribution in [0.4, 0.5) is 0 Å². The number of carbonyl (C=O) groups is 1. The van der Waals surface area contributed by atoms with Gasteiger partial charge in [0.15, 0.2) is 0 Å². The maximum Gasteiger partial charge on any atom is 0.223 e. The number of rotatable bonds is 4. The normalized spacial score (nSPS) is 19.4. The van der Waals surface area contributed by atoms with E-state index in [0.717, 1.165) is 13.0 Å². The molecule has 2 heterocycles. The van der Waals surface area contributed by atoms with Gasteiger partial charge in [-0.15, -0.1) is 0 Å². The smallest absolute Gasteiger partial charge is 0.223 e. The van der Waals surface area contributed by atoms with Crippen molar-refractivity contribution in [3.05, 3.63) is 24.0 Å². The lowest BCUT2D eigenvalue weighted by molar-refractivity contribution is -0.133. The molecular weight excluding hydrogens is 240 g/mol. The highest BCUT2D eigenvalue weighted by atomic mass is 16.5. The second-order valence-electron chi connectivity index (χ2n) is 5.72. The van der Waals surface area contributed by atoms with Crippen molar-refractivity contribution < 1.29 is 9.53 Å². The van der Waals surface area contributed by atoms with Gasteiger partial charge in [-0.2, -0.15) is 0 Å². The summed E-state index contributed by atoms with van der Waals surface area (Å²) in [6.07, 6.45) is 3.73. The van der Waals surface area contributed by atoms with Crippen LogP contribution in [0, 0.1) is 5.92 Å². The summed E-state index contributed by atoms with van der Waals surface area (Å²) in [4.78, 5) is 14.2. The lowest BCUT2D eigenvalue weighted by Crippen LogP contribution is -2.36. The lowest BCUT2D eigenvalue weighted by Gasteiger charge is -2.23. The molecule has 0 bridgehead atoms. The molecule has 1 amide bonds. The molecular formula is C15H24N2O2. The molecule has 1 atom stereocenters. The third kappa shape index (κ3) is 3.60. The highest BCUT2D eigenvalue weighted by Crippen LogP contribution is 2.17. The molecule has 1 aliphatic rings. The van der Waals surface area contributed by atoms with E-state index in [1.165, 1.54) is 5.69 Å². The van der Waals surface area contributed by atoms with Crippen LogP contribution in [-0.2, 0) is 22.6 Å². The van der Waals surface area contributed by atoms with Crippen molar-refractivity contribution in [1.82, 2.24) is 9.47 Å². The Morgan fingerprint density at radius 2 is 2.26 bits per heavy atom. The molecule has 2 rings (SSSR count). The minimum atomic E-state index is 0.0802. The maximum atomic E-state index is 12.3. The van der Waals surface area contributed by atoms with Gasteiger partial charge in [-0.3, -0.25) is 4.79 Å². The third-order valence-electron chi connectivity index (χ3n) is 3.72. The van der Waals surface area contributed by atoms with Crippen LogP contribution in [0.3, 0.4) is 0 Å². The zero-order chi connectivity index (χ0) is 13.8. The summed E-state index contributed by atoms with van der Waals surface area (Å²) in [5, 5.41) is 0. The van der Waals surface area contributed by atoms with Crippen molar-refractivity contribution in [2.45, 2.75) is 45.9 Å². The fourth-order valence-electron chi connectivity index (χ4n) is 2.46. The average molecular weight is 264 g/mol. The molecule has 0 radical (unpaired) electrons. The summed E-state index contributed by atoms with van der Waals surface area (Å²) in [5.41, 5.74) is 1.19. The van der Waals surface area contributed by atoms with E-state index < -0.39 is 0 Å². The van der Waals surface area contributed by atoms with E-state index in [2.05, 4.69) is 30.7 Å². The zero-order valence-corrected chi connectivity index (χ0v) is 12.1. The van der Waals surface area contributed by atoms with E-state index in [9.17, 15) is 4.79 Å². The van der Waals surface area contributed by atoms with Crippen LogP contribution in [0.2, 0.25) is 0 Å². The molecule has 1 aromatic heterocycles. The molecule has 0 N–H and O–H groups in total. The molecule has 0 unspecified atom stereocenters. The standard InChI is InChI=1S/C15H24N2O2/c1-12(2)6-7-15(18)17-9-13-5-4-8-16(13)10-14(11-17)19-3/h4-5,8,12,14H,6-7,9-11H2,1-3H3/t14-/m0/s1. The van der Waals surface area contributed by atoms with Gasteiger partial charge in [0.1, 0.15) is 0 Å². The SMILES string of the molecule is CO[C@@H]1CN(C(=O)CCC(C)C)Cc2cccn2C1. The number of fused-ring (bicyclic) bond motifs is 1. The Kier molecular flexibility index (Phi) is 4.64. The Hall–Kier alpha value is -1.29. The highest BCUT2D eigenvalue weighted by Gasteiger charge is 2.24. The first-order valence-electron chi connectivity index (χ1n) is 7.04. The number of nitrogens with zero attached hydrogens (tertiary/aromatic N) is 2. The molecule has 4 heteroatoms. The van der Waals surface area contributed by atoms with Gasteiger partial charge in [-0.1, -0.05) is 13.8 Å². The van der Waals surface area contributed by atoms with Gasteiger partial charge < -0.3 is 14.2 Å². The number of hydrogen-bond acceptors (Lipinski definition) is 2. The predicted octanol–water partition coefficient (Wildman–Crippen LogP) is 2.28. The van der Waals surface area contributed by atoms with Crippen LogP contribution >= 0.6 is 0 Å². The first kappa shape index (κ1) is 14.1. The van der Waals surface area contributed by atoms with Crippen LogP contribution < -0.4 is 0 Å². The number of hydrogen-bond donors (Lipinski definition) is 0. The van der Waals surface area contributed by atoms with Crippen molar-refractivity contribution in [2.75, 3.05) is 13.7 Å². The van der Waals surface area contributed by atoms with Crippen molar-refractivity contribution in [3.63, 3.8) is 0 Å². The fraction of sp³-hybridized carbons (Fsp3) is 0.667. The quantitative estimate of drug-likeness (QED) is 0.836. The summed E-state index contributed by atoms with van der Waals surface area (Å²) in [6.45, 7) is 6.52. The molecule has 1 aromatic rings. The summed E-state index contributed by atoms with van der Waals surface area (Å²) in [7, 11) is 1.72. The van der Waals surface area contributed by atoms with Gasteiger partial charge in [0, 0.05) is 32.0 Å². The summed E-state index contributed by atoms with van der Waals surface area (Å²) < 4.78 is 7.67. The van der Waals surface area contributed by atoms with E-state index >= 15 is 0 Å².